The summed E-state index contributed by atoms with van der Waals surface area (Å²) in [4.78, 5) is 0. The summed E-state index contributed by atoms with van der Waals surface area (Å²) in [5.41, 5.74) is 4.87. The number of ether oxygens (including phenoxy) is 2. The van der Waals surface area contributed by atoms with Crippen molar-refractivity contribution in [1.82, 2.24) is 0 Å². The fourth-order valence-electron chi connectivity index (χ4n) is 7.23. The molecule has 0 heterocycles. The Kier molecular flexibility index (Phi) is 17.2. The van der Waals surface area contributed by atoms with Crippen LogP contribution in [0.2, 0.25) is 0 Å². The van der Waals surface area contributed by atoms with E-state index in [1.54, 1.807) is 0 Å². The number of fused-ring (bicyclic) bond motifs is 2. The van der Waals surface area contributed by atoms with E-state index in [1.807, 2.05) is 60.7 Å². The van der Waals surface area contributed by atoms with Gasteiger partial charge >= 0.3 is 0 Å². The Labute approximate surface area is 343 Å². The first kappa shape index (κ1) is 42.2. The van der Waals surface area contributed by atoms with Crippen molar-refractivity contribution >= 4 is 44.3 Å². The first-order valence-electron chi connectivity index (χ1n) is 21.3. The fourth-order valence-corrected chi connectivity index (χ4v) is 7.23. The highest BCUT2D eigenvalue weighted by Gasteiger charge is 2.17. The van der Waals surface area contributed by atoms with E-state index in [9.17, 15) is 0 Å². The predicted molar refractivity (Wildman–Crippen MR) is 238 cm³/mol. The molecule has 0 unspecified atom stereocenters. The van der Waals surface area contributed by atoms with Gasteiger partial charge in [-0.2, -0.15) is 10.2 Å². The van der Waals surface area contributed by atoms with Crippen LogP contribution in [0.1, 0.15) is 89.9 Å². The van der Waals surface area contributed by atoms with Crippen molar-refractivity contribution in [1.29, 1.82) is 0 Å². The lowest BCUT2D eigenvalue weighted by atomic mass is 9.91. The average Bonchev–Trinajstić information content (AvgIpc) is 3.27. The van der Waals surface area contributed by atoms with Gasteiger partial charge in [0.1, 0.15) is 11.5 Å². The van der Waals surface area contributed by atoms with Crippen LogP contribution in [0.5, 0.6) is 11.5 Å². The van der Waals surface area contributed by atoms with Crippen molar-refractivity contribution in [3.8, 4) is 22.6 Å². The number of aliphatic hydroxyl groups is 2. The molecule has 6 aromatic carbocycles. The van der Waals surface area contributed by atoms with Crippen LogP contribution in [0.25, 0.3) is 32.7 Å². The third-order valence-electron chi connectivity index (χ3n) is 10.4. The van der Waals surface area contributed by atoms with Crippen molar-refractivity contribution < 1.29 is 19.7 Å². The Hall–Kier alpha value is -5.44. The van der Waals surface area contributed by atoms with Gasteiger partial charge in [0.05, 0.1) is 36.0 Å². The smallest absolute Gasteiger partial charge is 0.119 e. The second-order valence-corrected chi connectivity index (χ2v) is 14.8. The molecule has 0 bridgehead atoms. The summed E-state index contributed by atoms with van der Waals surface area (Å²) in [6, 6.07) is 40.6. The molecule has 0 aliphatic rings. The van der Waals surface area contributed by atoms with E-state index in [2.05, 4.69) is 60.7 Å². The van der Waals surface area contributed by atoms with Gasteiger partial charge < -0.3 is 19.7 Å². The van der Waals surface area contributed by atoms with E-state index in [0.717, 1.165) is 118 Å². The molecule has 0 aliphatic carbocycles. The topological polar surface area (TPSA) is 108 Å². The number of hydrogen-bond acceptors (Lipinski definition) is 8. The molecule has 58 heavy (non-hydrogen) atoms. The first-order valence-corrected chi connectivity index (χ1v) is 21.3. The third kappa shape index (κ3) is 12.8. The molecule has 0 aliphatic heterocycles. The van der Waals surface area contributed by atoms with E-state index in [4.69, 9.17) is 40.1 Å². The van der Waals surface area contributed by atoms with Crippen molar-refractivity contribution in [2.24, 2.45) is 20.5 Å². The molecule has 6 aromatic rings. The Balaban J connectivity index is 1.16. The van der Waals surface area contributed by atoms with E-state index in [1.165, 1.54) is 38.5 Å². The number of benzene rings is 6. The molecule has 0 atom stereocenters. The Bertz CT molecular complexity index is 2030. The molecule has 0 radical (unpaired) electrons. The maximum atomic E-state index is 8.93. The third-order valence-corrected chi connectivity index (χ3v) is 10.4. The summed E-state index contributed by atoms with van der Waals surface area (Å²) in [5, 5.41) is 41.3. The molecular formula is C50H58N4O4. The monoisotopic (exact) mass is 778 g/mol. The van der Waals surface area contributed by atoms with Crippen molar-refractivity contribution in [3.05, 3.63) is 121 Å². The molecule has 6 rings (SSSR count). The van der Waals surface area contributed by atoms with E-state index >= 15 is 0 Å². The largest absolute Gasteiger partial charge is 0.494 e. The van der Waals surface area contributed by atoms with Crippen molar-refractivity contribution in [3.63, 3.8) is 0 Å². The predicted octanol–water partition coefficient (Wildman–Crippen LogP) is 14.7. The first-order chi connectivity index (χ1) is 28.7. The average molecular weight is 779 g/mol. The van der Waals surface area contributed by atoms with Gasteiger partial charge in [-0.3, -0.25) is 0 Å². The summed E-state index contributed by atoms with van der Waals surface area (Å²) in [6.45, 7) is 1.97. The van der Waals surface area contributed by atoms with Crippen LogP contribution < -0.4 is 9.47 Å². The zero-order valence-electron chi connectivity index (χ0n) is 33.8. The highest BCUT2D eigenvalue weighted by molar-refractivity contribution is 6.12. The van der Waals surface area contributed by atoms with Crippen LogP contribution in [-0.4, -0.2) is 36.6 Å². The van der Waals surface area contributed by atoms with Gasteiger partial charge in [0.2, 0.25) is 0 Å². The van der Waals surface area contributed by atoms with Gasteiger partial charge in [-0.05, 0) is 108 Å². The molecule has 0 spiro atoms. The van der Waals surface area contributed by atoms with Crippen LogP contribution in [-0.2, 0) is 0 Å². The second kappa shape index (κ2) is 23.7. The van der Waals surface area contributed by atoms with Crippen LogP contribution in [0, 0.1) is 0 Å². The Morgan fingerprint density at radius 1 is 0.345 bits per heavy atom. The highest BCUT2D eigenvalue weighted by Crippen LogP contribution is 2.46. The lowest BCUT2D eigenvalue weighted by molar-refractivity contribution is 0.281. The van der Waals surface area contributed by atoms with Gasteiger partial charge in [0.15, 0.2) is 0 Å². The number of hydrogen-bond donors (Lipinski definition) is 2. The quantitative estimate of drug-likeness (QED) is 0.0445. The summed E-state index contributed by atoms with van der Waals surface area (Å²) in [6.07, 6.45) is 15.6. The van der Waals surface area contributed by atoms with Gasteiger partial charge in [0, 0.05) is 24.3 Å². The molecule has 0 saturated carbocycles. The fraction of sp³-hybridized carbons (Fsp3) is 0.360. The number of azo groups is 2. The van der Waals surface area contributed by atoms with Crippen LogP contribution in [0.15, 0.2) is 142 Å². The molecule has 0 aromatic heterocycles. The van der Waals surface area contributed by atoms with E-state index < -0.39 is 0 Å². The van der Waals surface area contributed by atoms with E-state index in [-0.39, 0.29) is 0 Å². The van der Waals surface area contributed by atoms with Crippen LogP contribution in [0.3, 0.4) is 0 Å². The molecular weight excluding hydrogens is 721 g/mol. The Morgan fingerprint density at radius 2 is 0.707 bits per heavy atom. The van der Waals surface area contributed by atoms with Crippen LogP contribution >= 0.6 is 0 Å². The minimum absolute atomic E-state index is 0.294. The number of unbranched alkanes of at least 4 members (excludes halogenated alkanes) is 12. The maximum Gasteiger partial charge on any atom is 0.119 e. The molecule has 2 N–H and O–H groups in total. The highest BCUT2D eigenvalue weighted by atomic mass is 16.5. The van der Waals surface area contributed by atoms with E-state index in [0.29, 0.717) is 26.4 Å². The summed E-state index contributed by atoms with van der Waals surface area (Å²) in [5.74, 6) is 1.66. The van der Waals surface area contributed by atoms with Crippen LogP contribution in [0.4, 0.5) is 22.7 Å². The second-order valence-electron chi connectivity index (χ2n) is 14.8. The lowest BCUT2D eigenvalue weighted by Gasteiger charge is -2.15. The SMILES string of the molecule is OCCCCCCCCCOc1ccc(N=Nc2ccc3ccccc3c2-c2c(N=Nc3ccc(OCCCCCCCCCO)cc3)ccc3ccccc23)cc1. The zero-order valence-corrected chi connectivity index (χ0v) is 33.8. The minimum atomic E-state index is 0.294. The summed E-state index contributed by atoms with van der Waals surface area (Å²) in [7, 11) is 0. The molecule has 0 amide bonds. The molecule has 0 fully saturated rings. The van der Waals surface area contributed by atoms with Gasteiger partial charge in [-0.15, -0.1) is 10.2 Å². The molecule has 8 nitrogen and oxygen atoms in total. The number of nitrogens with zero attached hydrogens (tertiary/aromatic N) is 4. The minimum Gasteiger partial charge on any atom is -0.494 e. The maximum absolute atomic E-state index is 8.93. The van der Waals surface area contributed by atoms with Crippen molar-refractivity contribution in [2.45, 2.75) is 89.9 Å². The standard InChI is InChI=1S/C50H58N4O4/c55-35-15-7-3-1-5-9-17-37-57-43-29-25-41(26-30-43)51-53-47-33-23-39-19-11-13-21-45(39)49(47)50-46-22-14-12-20-40(46)24-34-48(50)54-52-42-27-31-44(32-28-42)58-38-18-10-6-2-4-8-16-36-56/h11-14,19-34,55-56H,1-10,15-18,35-38H2. The normalized spacial score (nSPS) is 11.7. The van der Waals surface area contributed by atoms with Gasteiger partial charge in [0.25, 0.3) is 0 Å². The lowest BCUT2D eigenvalue weighted by Crippen LogP contribution is -1.97. The molecule has 302 valence electrons. The van der Waals surface area contributed by atoms with Gasteiger partial charge in [-0.1, -0.05) is 125 Å². The zero-order chi connectivity index (χ0) is 40.0. The number of rotatable bonds is 25. The molecule has 8 heteroatoms. The Morgan fingerprint density at radius 3 is 1.10 bits per heavy atom. The number of aliphatic hydroxyl groups excluding tert-OH is 2. The molecule has 0 saturated heterocycles. The summed E-state index contributed by atoms with van der Waals surface area (Å²) < 4.78 is 12.0. The summed E-state index contributed by atoms with van der Waals surface area (Å²) >= 11 is 0. The van der Waals surface area contributed by atoms with Crippen molar-refractivity contribution in [2.75, 3.05) is 26.4 Å². The van der Waals surface area contributed by atoms with Gasteiger partial charge in [-0.25, -0.2) is 0 Å².